The van der Waals surface area contributed by atoms with E-state index in [0.29, 0.717) is 6.61 Å². The van der Waals surface area contributed by atoms with Gasteiger partial charge in [0.05, 0.1) is 12.2 Å². The van der Waals surface area contributed by atoms with E-state index in [2.05, 4.69) is 11.6 Å². The van der Waals surface area contributed by atoms with E-state index in [1.165, 1.54) is 24.3 Å². The number of rotatable bonds is 9. The fraction of sp³-hybridized carbons (Fsp3) is 0.316. The number of carboxylic acids is 1. The van der Waals surface area contributed by atoms with Gasteiger partial charge in [0.15, 0.2) is 0 Å². The van der Waals surface area contributed by atoms with Crippen molar-refractivity contribution in [2.75, 3.05) is 11.3 Å². The van der Waals surface area contributed by atoms with E-state index in [0.717, 1.165) is 24.8 Å². The van der Waals surface area contributed by atoms with Crippen LogP contribution in [0.15, 0.2) is 47.4 Å². The van der Waals surface area contributed by atoms with E-state index < -0.39 is 16.0 Å². The normalized spacial score (nSPS) is 11.2. The second-order valence-corrected chi connectivity index (χ2v) is 7.65. The van der Waals surface area contributed by atoms with Crippen molar-refractivity contribution in [3.63, 3.8) is 0 Å². The quantitative estimate of drug-likeness (QED) is 0.643. The Morgan fingerprint density at radius 2 is 1.92 bits per heavy atom. The Bertz CT molecular complexity index is 877. The average molecular weight is 377 g/mol. The van der Waals surface area contributed by atoms with Crippen LogP contribution in [0.25, 0.3) is 0 Å². The van der Waals surface area contributed by atoms with Gasteiger partial charge in [0, 0.05) is 5.69 Å². The number of hydrogen-bond donors (Lipinski definition) is 2. The summed E-state index contributed by atoms with van der Waals surface area (Å²) in [6.45, 7) is 4.32. The number of aryl methyl sites for hydroxylation is 1. The monoisotopic (exact) mass is 377 g/mol. The Morgan fingerprint density at radius 1 is 1.15 bits per heavy atom. The summed E-state index contributed by atoms with van der Waals surface area (Å²) in [4.78, 5) is 11.1. The molecule has 0 amide bonds. The fourth-order valence-corrected chi connectivity index (χ4v) is 3.68. The van der Waals surface area contributed by atoms with Crippen LogP contribution in [-0.4, -0.2) is 26.1 Å². The Balaban J connectivity index is 2.28. The van der Waals surface area contributed by atoms with Crippen LogP contribution >= 0.6 is 0 Å². The smallest absolute Gasteiger partial charge is 0.335 e. The predicted molar refractivity (Wildman–Crippen MR) is 100 cm³/mol. The van der Waals surface area contributed by atoms with Crippen molar-refractivity contribution >= 4 is 21.7 Å². The first kappa shape index (κ1) is 19.8. The molecule has 0 atom stereocenters. The van der Waals surface area contributed by atoms with E-state index in [1.807, 2.05) is 0 Å². The lowest BCUT2D eigenvalue weighted by Gasteiger charge is -2.14. The van der Waals surface area contributed by atoms with Gasteiger partial charge in [-0.2, -0.15) is 0 Å². The van der Waals surface area contributed by atoms with Crippen molar-refractivity contribution in [3.05, 3.63) is 53.6 Å². The lowest BCUT2D eigenvalue weighted by atomic mass is 10.2. The lowest BCUT2D eigenvalue weighted by molar-refractivity contribution is 0.0697. The lowest BCUT2D eigenvalue weighted by Crippen LogP contribution is -2.15. The minimum Gasteiger partial charge on any atom is -0.492 e. The number of sulfonamides is 1. The number of hydrogen-bond acceptors (Lipinski definition) is 4. The molecular weight excluding hydrogens is 354 g/mol. The molecule has 2 aromatic rings. The standard InChI is InChI=1S/C19H23NO5S/c1-3-4-5-11-25-17-10-9-14(2)12-18(17)26(23,24)20-16-8-6-7-15(13-16)19(21)22/h6-10,12-13,20H,3-5,11H2,1-2H3,(H,21,22). The number of nitrogens with one attached hydrogen (secondary N) is 1. The molecule has 0 unspecified atom stereocenters. The number of ether oxygens (including phenoxy) is 1. The molecule has 0 aliphatic rings. The molecule has 2 aromatic carbocycles. The minimum atomic E-state index is -3.92. The summed E-state index contributed by atoms with van der Waals surface area (Å²) in [5, 5.41) is 9.05. The molecule has 0 aromatic heterocycles. The molecule has 0 bridgehead atoms. The molecule has 0 aliphatic carbocycles. The average Bonchev–Trinajstić information content (AvgIpc) is 2.59. The summed E-state index contributed by atoms with van der Waals surface area (Å²) in [7, 11) is -3.92. The summed E-state index contributed by atoms with van der Waals surface area (Å²) in [6, 6.07) is 10.6. The molecule has 7 heteroatoms. The minimum absolute atomic E-state index is 0.00508. The zero-order chi connectivity index (χ0) is 19.2. The van der Waals surface area contributed by atoms with Crippen molar-refractivity contribution in [1.29, 1.82) is 0 Å². The summed E-state index contributed by atoms with van der Waals surface area (Å²) < 4.78 is 33.7. The van der Waals surface area contributed by atoms with E-state index in [4.69, 9.17) is 9.84 Å². The number of anilines is 1. The second kappa shape index (κ2) is 8.71. The first-order chi connectivity index (χ1) is 12.3. The van der Waals surface area contributed by atoms with Crippen molar-refractivity contribution in [2.45, 2.75) is 38.0 Å². The topological polar surface area (TPSA) is 92.7 Å². The van der Waals surface area contributed by atoms with Crippen molar-refractivity contribution in [1.82, 2.24) is 0 Å². The summed E-state index contributed by atoms with van der Waals surface area (Å²) in [5.74, 6) is -0.838. The number of carbonyl (C=O) groups is 1. The van der Waals surface area contributed by atoms with Gasteiger partial charge in [0.2, 0.25) is 0 Å². The maximum atomic E-state index is 12.8. The maximum absolute atomic E-state index is 12.8. The van der Waals surface area contributed by atoms with Crippen LogP contribution in [0.3, 0.4) is 0 Å². The van der Waals surface area contributed by atoms with Gasteiger partial charge in [-0.3, -0.25) is 4.72 Å². The SMILES string of the molecule is CCCCCOc1ccc(C)cc1S(=O)(=O)Nc1cccc(C(=O)O)c1. The largest absolute Gasteiger partial charge is 0.492 e. The van der Waals surface area contributed by atoms with Gasteiger partial charge in [0.25, 0.3) is 10.0 Å². The molecule has 0 radical (unpaired) electrons. The van der Waals surface area contributed by atoms with Gasteiger partial charge in [0.1, 0.15) is 10.6 Å². The third kappa shape index (κ3) is 5.23. The van der Waals surface area contributed by atoms with Gasteiger partial charge in [-0.15, -0.1) is 0 Å². The highest BCUT2D eigenvalue weighted by Gasteiger charge is 2.20. The van der Waals surface area contributed by atoms with Gasteiger partial charge >= 0.3 is 5.97 Å². The highest BCUT2D eigenvalue weighted by molar-refractivity contribution is 7.92. The van der Waals surface area contributed by atoms with Gasteiger partial charge in [-0.25, -0.2) is 13.2 Å². The molecule has 0 heterocycles. The first-order valence-electron chi connectivity index (χ1n) is 8.43. The second-order valence-electron chi connectivity index (χ2n) is 6.00. The molecule has 2 rings (SSSR count). The van der Waals surface area contributed by atoms with Crippen LogP contribution in [-0.2, 0) is 10.0 Å². The Labute approximate surface area is 153 Å². The summed E-state index contributed by atoms with van der Waals surface area (Å²) in [6.07, 6.45) is 2.90. The summed E-state index contributed by atoms with van der Waals surface area (Å²) >= 11 is 0. The molecule has 0 aliphatic heterocycles. The number of unbranched alkanes of at least 4 members (excludes halogenated alkanes) is 2. The molecule has 6 nitrogen and oxygen atoms in total. The Morgan fingerprint density at radius 3 is 2.62 bits per heavy atom. The molecule has 0 saturated heterocycles. The predicted octanol–water partition coefficient (Wildman–Crippen LogP) is 4.06. The van der Waals surface area contributed by atoms with Gasteiger partial charge < -0.3 is 9.84 Å². The van der Waals surface area contributed by atoms with Crippen LogP contribution in [0.1, 0.15) is 42.1 Å². The van der Waals surface area contributed by atoms with Gasteiger partial charge in [-0.1, -0.05) is 31.9 Å². The van der Waals surface area contributed by atoms with Crippen molar-refractivity contribution < 1.29 is 23.1 Å². The molecule has 140 valence electrons. The van der Waals surface area contributed by atoms with E-state index in [1.54, 1.807) is 25.1 Å². The van der Waals surface area contributed by atoms with E-state index in [-0.39, 0.29) is 21.9 Å². The molecule has 0 spiro atoms. The first-order valence-corrected chi connectivity index (χ1v) is 9.91. The van der Waals surface area contributed by atoms with Crippen molar-refractivity contribution in [3.8, 4) is 5.75 Å². The third-order valence-electron chi connectivity index (χ3n) is 3.76. The van der Waals surface area contributed by atoms with E-state index >= 15 is 0 Å². The molecular formula is C19H23NO5S. The zero-order valence-electron chi connectivity index (χ0n) is 14.9. The van der Waals surface area contributed by atoms with Crippen LogP contribution < -0.4 is 9.46 Å². The van der Waals surface area contributed by atoms with Crippen LogP contribution in [0.4, 0.5) is 5.69 Å². The van der Waals surface area contributed by atoms with E-state index in [9.17, 15) is 13.2 Å². The molecule has 26 heavy (non-hydrogen) atoms. The fourth-order valence-electron chi connectivity index (χ4n) is 2.40. The van der Waals surface area contributed by atoms with Crippen LogP contribution in [0.2, 0.25) is 0 Å². The van der Waals surface area contributed by atoms with Crippen molar-refractivity contribution in [2.24, 2.45) is 0 Å². The van der Waals surface area contributed by atoms with Crippen LogP contribution in [0.5, 0.6) is 5.75 Å². The number of benzene rings is 2. The number of aromatic carboxylic acids is 1. The highest BCUT2D eigenvalue weighted by Crippen LogP contribution is 2.27. The third-order valence-corrected chi connectivity index (χ3v) is 5.16. The zero-order valence-corrected chi connectivity index (χ0v) is 15.7. The molecule has 0 saturated carbocycles. The van der Waals surface area contributed by atoms with Crippen LogP contribution in [0, 0.1) is 6.92 Å². The summed E-state index contributed by atoms with van der Waals surface area (Å²) in [5.41, 5.74) is 0.972. The highest BCUT2D eigenvalue weighted by atomic mass is 32.2. The Hall–Kier alpha value is -2.54. The Kier molecular flexibility index (Phi) is 6.63. The van der Waals surface area contributed by atoms with Gasteiger partial charge in [-0.05, 0) is 49.2 Å². The molecule has 0 fully saturated rings. The number of carboxylic acid groups (broad SMARTS) is 1. The maximum Gasteiger partial charge on any atom is 0.335 e. The molecule has 2 N–H and O–H groups in total.